The van der Waals surface area contributed by atoms with Gasteiger partial charge in [0.2, 0.25) is 0 Å². The van der Waals surface area contributed by atoms with Crippen molar-refractivity contribution in [2.75, 3.05) is 24.3 Å². The third-order valence-corrected chi connectivity index (χ3v) is 4.43. The van der Waals surface area contributed by atoms with E-state index in [9.17, 15) is 0 Å². The number of nitrogens with zero attached hydrogens (tertiary/aromatic N) is 1. The van der Waals surface area contributed by atoms with Gasteiger partial charge in [0, 0.05) is 34.8 Å². The number of nitrogens with one attached hydrogen (secondary N) is 1. The van der Waals surface area contributed by atoms with E-state index in [1.807, 2.05) is 0 Å². The lowest BCUT2D eigenvalue weighted by atomic mass is 10.2. The van der Waals surface area contributed by atoms with Crippen molar-refractivity contribution in [1.29, 1.82) is 0 Å². The molecule has 4 heteroatoms. The molecule has 0 aliphatic carbocycles. The van der Waals surface area contributed by atoms with E-state index < -0.39 is 0 Å². The Bertz CT molecular complexity index is 494. The molecular formula is C13H15BrN2S. The Morgan fingerprint density at radius 1 is 1.29 bits per heavy atom. The van der Waals surface area contributed by atoms with Gasteiger partial charge in [0.25, 0.3) is 0 Å². The summed E-state index contributed by atoms with van der Waals surface area (Å²) in [6.07, 6.45) is 0. The molecule has 0 bridgehead atoms. The van der Waals surface area contributed by atoms with Gasteiger partial charge in [-0.1, -0.05) is 6.07 Å². The summed E-state index contributed by atoms with van der Waals surface area (Å²) in [5.74, 6) is 0. The Labute approximate surface area is 114 Å². The molecule has 2 rings (SSSR count). The molecule has 0 saturated heterocycles. The second-order valence-electron chi connectivity index (χ2n) is 3.99. The summed E-state index contributed by atoms with van der Waals surface area (Å²) < 4.78 is 1.18. The number of rotatable bonds is 4. The van der Waals surface area contributed by atoms with E-state index in [4.69, 9.17) is 0 Å². The van der Waals surface area contributed by atoms with E-state index >= 15 is 0 Å². The predicted octanol–water partition coefficient (Wildman–Crippen LogP) is 4.19. The molecule has 17 heavy (non-hydrogen) atoms. The van der Waals surface area contributed by atoms with Gasteiger partial charge in [0.15, 0.2) is 0 Å². The predicted molar refractivity (Wildman–Crippen MR) is 80.1 cm³/mol. The molecule has 0 unspecified atom stereocenters. The normalized spacial score (nSPS) is 10.3. The smallest absolute Gasteiger partial charge is 0.0505 e. The maximum Gasteiger partial charge on any atom is 0.0505 e. The summed E-state index contributed by atoms with van der Waals surface area (Å²) in [5, 5.41) is 5.53. The fourth-order valence-electron chi connectivity index (χ4n) is 1.53. The molecule has 0 aliphatic rings. The Balaban J connectivity index is 2.04. The van der Waals surface area contributed by atoms with Crippen LogP contribution in [0.1, 0.15) is 4.88 Å². The minimum Gasteiger partial charge on any atom is -0.380 e. The summed E-state index contributed by atoms with van der Waals surface area (Å²) in [7, 11) is 4.10. The lowest BCUT2D eigenvalue weighted by Gasteiger charge is -2.14. The molecule has 1 aromatic carbocycles. The molecule has 0 atom stereocenters. The highest BCUT2D eigenvalue weighted by Crippen LogP contribution is 2.24. The minimum atomic E-state index is 0.856. The lowest BCUT2D eigenvalue weighted by molar-refractivity contribution is 1.12. The number of hydrogen-bond acceptors (Lipinski definition) is 3. The fraction of sp³-hybridized carbons (Fsp3) is 0.231. The van der Waals surface area contributed by atoms with Crippen LogP contribution in [0, 0.1) is 0 Å². The largest absolute Gasteiger partial charge is 0.380 e. The van der Waals surface area contributed by atoms with Crippen LogP contribution in [-0.4, -0.2) is 14.1 Å². The molecule has 0 fully saturated rings. The topological polar surface area (TPSA) is 15.3 Å². The van der Waals surface area contributed by atoms with Crippen LogP contribution < -0.4 is 10.2 Å². The first-order chi connectivity index (χ1) is 8.16. The van der Waals surface area contributed by atoms with E-state index in [1.54, 1.807) is 11.3 Å². The average molecular weight is 311 g/mol. The number of halogens is 1. The highest BCUT2D eigenvalue weighted by Gasteiger charge is 2.01. The van der Waals surface area contributed by atoms with E-state index in [2.05, 4.69) is 76.0 Å². The van der Waals surface area contributed by atoms with E-state index in [0.29, 0.717) is 0 Å². The van der Waals surface area contributed by atoms with E-state index in [0.717, 1.165) is 12.2 Å². The van der Waals surface area contributed by atoms with Crippen LogP contribution in [0.4, 0.5) is 11.4 Å². The zero-order valence-corrected chi connectivity index (χ0v) is 12.3. The number of anilines is 2. The van der Waals surface area contributed by atoms with Crippen molar-refractivity contribution in [1.82, 2.24) is 0 Å². The molecule has 0 saturated carbocycles. The zero-order valence-electron chi connectivity index (χ0n) is 9.90. The van der Waals surface area contributed by atoms with Gasteiger partial charge in [0.1, 0.15) is 0 Å². The first-order valence-electron chi connectivity index (χ1n) is 5.40. The van der Waals surface area contributed by atoms with E-state index in [1.165, 1.54) is 15.0 Å². The van der Waals surface area contributed by atoms with Crippen LogP contribution in [0.5, 0.6) is 0 Å². The van der Waals surface area contributed by atoms with Crippen molar-refractivity contribution in [2.45, 2.75) is 6.54 Å². The molecule has 0 radical (unpaired) electrons. The second kappa shape index (κ2) is 5.56. The van der Waals surface area contributed by atoms with Crippen molar-refractivity contribution < 1.29 is 0 Å². The van der Waals surface area contributed by atoms with Gasteiger partial charge in [-0.2, -0.15) is 0 Å². The van der Waals surface area contributed by atoms with Gasteiger partial charge in [-0.25, -0.2) is 0 Å². The first-order valence-corrected chi connectivity index (χ1v) is 7.07. The summed E-state index contributed by atoms with van der Waals surface area (Å²) in [5.41, 5.74) is 2.36. The number of hydrogen-bond donors (Lipinski definition) is 1. The third-order valence-electron chi connectivity index (χ3n) is 2.51. The standard InChI is InChI=1S/C13H15BrN2S/c1-16(2)11-5-3-4-10(8-11)15-9-13-12(14)6-7-17-13/h3-8,15H,9H2,1-2H3. The van der Waals surface area contributed by atoms with Gasteiger partial charge in [0.05, 0.1) is 6.54 Å². The Hall–Kier alpha value is -1.00. The van der Waals surface area contributed by atoms with Crippen molar-refractivity contribution >= 4 is 38.6 Å². The monoisotopic (exact) mass is 310 g/mol. The number of benzene rings is 1. The quantitative estimate of drug-likeness (QED) is 0.911. The van der Waals surface area contributed by atoms with Gasteiger partial charge in [-0.05, 0) is 45.6 Å². The van der Waals surface area contributed by atoms with Gasteiger partial charge in [-0.3, -0.25) is 0 Å². The van der Waals surface area contributed by atoms with Crippen LogP contribution in [0.2, 0.25) is 0 Å². The Morgan fingerprint density at radius 2 is 2.12 bits per heavy atom. The molecule has 1 N–H and O–H groups in total. The van der Waals surface area contributed by atoms with Crippen molar-refractivity contribution in [2.24, 2.45) is 0 Å². The summed E-state index contributed by atoms with van der Waals surface area (Å²) >= 11 is 5.30. The van der Waals surface area contributed by atoms with E-state index in [-0.39, 0.29) is 0 Å². The minimum absolute atomic E-state index is 0.856. The van der Waals surface area contributed by atoms with Crippen LogP contribution in [-0.2, 0) is 6.54 Å². The van der Waals surface area contributed by atoms with Gasteiger partial charge >= 0.3 is 0 Å². The van der Waals surface area contributed by atoms with Crippen molar-refractivity contribution in [3.05, 3.63) is 45.1 Å². The number of thiophene rings is 1. The van der Waals surface area contributed by atoms with Crippen LogP contribution >= 0.6 is 27.3 Å². The molecule has 2 nitrogen and oxygen atoms in total. The molecule has 0 aliphatic heterocycles. The van der Waals surface area contributed by atoms with Gasteiger partial charge < -0.3 is 10.2 Å². The highest BCUT2D eigenvalue weighted by atomic mass is 79.9. The maximum atomic E-state index is 3.54. The molecule has 1 aromatic heterocycles. The zero-order chi connectivity index (χ0) is 12.3. The van der Waals surface area contributed by atoms with Crippen LogP contribution in [0.15, 0.2) is 40.2 Å². The summed E-state index contributed by atoms with van der Waals surface area (Å²) in [6, 6.07) is 10.5. The molecule has 1 heterocycles. The average Bonchev–Trinajstić information content (AvgIpc) is 2.72. The SMILES string of the molecule is CN(C)c1cccc(NCc2sccc2Br)c1. The first kappa shape index (κ1) is 12.5. The summed E-state index contributed by atoms with van der Waals surface area (Å²) in [6.45, 7) is 0.856. The lowest BCUT2D eigenvalue weighted by Crippen LogP contribution is -2.08. The fourth-order valence-corrected chi connectivity index (χ4v) is 2.96. The molecule has 0 spiro atoms. The van der Waals surface area contributed by atoms with Crippen LogP contribution in [0.3, 0.4) is 0 Å². The van der Waals surface area contributed by atoms with Crippen molar-refractivity contribution in [3.63, 3.8) is 0 Å². The van der Waals surface area contributed by atoms with Crippen LogP contribution in [0.25, 0.3) is 0 Å². The Kier molecular flexibility index (Phi) is 4.07. The second-order valence-corrected chi connectivity index (χ2v) is 5.85. The molecule has 0 amide bonds. The molecule has 90 valence electrons. The van der Waals surface area contributed by atoms with Gasteiger partial charge in [-0.15, -0.1) is 11.3 Å². The highest BCUT2D eigenvalue weighted by molar-refractivity contribution is 9.10. The third kappa shape index (κ3) is 3.23. The molecular weight excluding hydrogens is 296 g/mol. The maximum absolute atomic E-state index is 3.54. The van der Waals surface area contributed by atoms with Crippen molar-refractivity contribution in [3.8, 4) is 0 Å². The molecule has 2 aromatic rings. The Morgan fingerprint density at radius 3 is 2.76 bits per heavy atom. The summed E-state index contributed by atoms with van der Waals surface area (Å²) in [4.78, 5) is 3.42.